The van der Waals surface area contributed by atoms with Crippen molar-refractivity contribution in [1.82, 2.24) is 0 Å². The van der Waals surface area contributed by atoms with E-state index in [9.17, 15) is 26.1 Å². The normalized spacial score (nSPS) is 13.7. The van der Waals surface area contributed by atoms with Crippen LogP contribution in [0.25, 0.3) is 0 Å². The van der Waals surface area contributed by atoms with Gasteiger partial charge in [0.05, 0.1) is 10.5 Å². The Labute approximate surface area is 103 Å². The first kappa shape index (κ1) is 15.0. The van der Waals surface area contributed by atoms with E-state index < -0.39 is 32.2 Å². The van der Waals surface area contributed by atoms with Crippen LogP contribution in [0, 0.1) is 0 Å². The largest absolute Gasteiger partial charge is 0.744 e. The number of hydrogen-bond acceptors (Lipinski definition) is 3. The van der Waals surface area contributed by atoms with Crippen molar-refractivity contribution in [3.05, 3.63) is 29.3 Å². The van der Waals surface area contributed by atoms with E-state index in [0.29, 0.717) is 6.07 Å². The molecule has 0 saturated carbocycles. The SMILES string of the molecule is CC(C)(C)c1ccc(S(=O)(=O)[O-])cc1C(F)(F)F. The number of benzene rings is 1. The first-order valence-electron chi connectivity index (χ1n) is 5.01. The Bertz CT molecular complexity index is 554. The fraction of sp³-hybridized carbons (Fsp3) is 0.455. The van der Waals surface area contributed by atoms with Gasteiger partial charge in [0, 0.05) is 0 Å². The van der Waals surface area contributed by atoms with Gasteiger partial charge in [0.2, 0.25) is 0 Å². The summed E-state index contributed by atoms with van der Waals surface area (Å²) in [4.78, 5) is -0.872. The molecule has 102 valence electrons. The summed E-state index contributed by atoms with van der Waals surface area (Å²) in [6, 6.07) is 2.33. The van der Waals surface area contributed by atoms with E-state index in [1.807, 2.05) is 0 Å². The van der Waals surface area contributed by atoms with E-state index in [2.05, 4.69) is 0 Å². The maximum Gasteiger partial charge on any atom is 0.416 e. The van der Waals surface area contributed by atoms with Crippen LogP contribution in [0.5, 0.6) is 0 Å². The van der Waals surface area contributed by atoms with Crippen LogP contribution in [0.3, 0.4) is 0 Å². The van der Waals surface area contributed by atoms with E-state index in [4.69, 9.17) is 0 Å². The van der Waals surface area contributed by atoms with Crippen LogP contribution >= 0.6 is 0 Å². The lowest BCUT2D eigenvalue weighted by Crippen LogP contribution is -2.20. The lowest BCUT2D eigenvalue weighted by Gasteiger charge is -2.25. The lowest BCUT2D eigenvalue weighted by atomic mass is 9.83. The highest BCUT2D eigenvalue weighted by Crippen LogP contribution is 2.38. The molecule has 0 aliphatic carbocycles. The van der Waals surface area contributed by atoms with Gasteiger partial charge in [-0.05, 0) is 23.1 Å². The smallest absolute Gasteiger partial charge is 0.416 e. The quantitative estimate of drug-likeness (QED) is 0.744. The average Bonchev–Trinajstić information content (AvgIpc) is 2.12. The van der Waals surface area contributed by atoms with Crippen LogP contribution in [0.2, 0.25) is 0 Å². The molecular weight excluding hydrogens is 269 g/mol. The van der Waals surface area contributed by atoms with Crippen molar-refractivity contribution in [1.29, 1.82) is 0 Å². The third-order valence-electron chi connectivity index (χ3n) is 2.39. The van der Waals surface area contributed by atoms with Gasteiger partial charge in [-0.25, -0.2) is 8.42 Å². The van der Waals surface area contributed by atoms with E-state index >= 15 is 0 Å². The summed E-state index contributed by atoms with van der Waals surface area (Å²) in [6.07, 6.45) is -4.71. The van der Waals surface area contributed by atoms with Crippen molar-refractivity contribution in [2.45, 2.75) is 37.3 Å². The van der Waals surface area contributed by atoms with Gasteiger partial charge in [-0.2, -0.15) is 13.2 Å². The predicted molar refractivity (Wildman–Crippen MR) is 58.1 cm³/mol. The molecule has 0 aromatic heterocycles. The zero-order valence-electron chi connectivity index (χ0n) is 10.00. The highest BCUT2D eigenvalue weighted by molar-refractivity contribution is 7.85. The Morgan fingerprint density at radius 3 is 1.89 bits per heavy atom. The first-order chi connectivity index (χ1) is 7.83. The number of hydrogen-bond donors (Lipinski definition) is 0. The third-order valence-corrected chi connectivity index (χ3v) is 3.22. The summed E-state index contributed by atoms with van der Waals surface area (Å²) in [5, 5.41) is 0. The molecule has 0 saturated heterocycles. The summed E-state index contributed by atoms with van der Waals surface area (Å²) in [7, 11) is -4.90. The van der Waals surface area contributed by atoms with Gasteiger partial charge in [0.1, 0.15) is 10.1 Å². The summed E-state index contributed by atoms with van der Waals surface area (Å²) in [5.74, 6) is 0. The molecule has 7 heteroatoms. The minimum Gasteiger partial charge on any atom is -0.744 e. The molecule has 1 aromatic rings. The lowest BCUT2D eigenvalue weighted by molar-refractivity contribution is -0.138. The van der Waals surface area contributed by atoms with Crippen molar-refractivity contribution < 1.29 is 26.1 Å². The highest BCUT2D eigenvalue weighted by Gasteiger charge is 2.36. The molecule has 0 amide bonds. The monoisotopic (exact) mass is 281 g/mol. The van der Waals surface area contributed by atoms with E-state index in [0.717, 1.165) is 12.1 Å². The van der Waals surface area contributed by atoms with Gasteiger partial charge in [-0.3, -0.25) is 0 Å². The maximum atomic E-state index is 12.9. The Kier molecular flexibility index (Phi) is 3.53. The van der Waals surface area contributed by atoms with Crippen molar-refractivity contribution in [3.63, 3.8) is 0 Å². The van der Waals surface area contributed by atoms with Gasteiger partial charge >= 0.3 is 6.18 Å². The topological polar surface area (TPSA) is 57.2 Å². The minimum absolute atomic E-state index is 0.0533. The zero-order valence-corrected chi connectivity index (χ0v) is 10.8. The molecule has 0 heterocycles. The van der Waals surface area contributed by atoms with Crippen LogP contribution < -0.4 is 0 Å². The van der Waals surface area contributed by atoms with Crippen LogP contribution in [0.4, 0.5) is 13.2 Å². The van der Waals surface area contributed by atoms with Gasteiger partial charge in [-0.1, -0.05) is 26.8 Å². The second-order valence-corrected chi connectivity index (χ2v) is 6.29. The second kappa shape index (κ2) is 4.24. The Morgan fingerprint density at radius 1 is 1.06 bits per heavy atom. The maximum absolute atomic E-state index is 12.9. The fourth-order valence-electron chi connectivity index (χ4n) is 1.57. The molecule has 0 aliphatic heterocycles. The molecule has 0 atom stereocenters. The highest BCUT2D eigenvalue weighted by atomic mass is 32.2. The summed E-state index contributed by atoms with van der Waals surface area (Å²) in [5.41, 5.74) is -1.95. The fourth-order valence-corrected chi connectivity index (χ4v) is 2.06. The molecular formula is C11H12F3O3S-. The van der Waals surface area contributed by atoms with Crippen LogP contribution in [-0.2, 0) is 21.7 Å². The summed E-state index contributed by atoms with van der Waals surface area (Å²) >= 11 is 0. The Morgan fingerprint density at radius 2 is 1.56 bits per heavy atom. The van der Waals surface area contributed by atoms with Crippen molar-refractivity contribution in [3.8, 4) is 0 Å². The molecule has 0 aliphatic rings. The van der Waals surface area contributed by atoms with Gasteiger partial charge in [-0.15, -0.1) is 0 Å². The second-order valence-electron chi connectivity index (χ2n) is 4.91. The molecule has 1 rings (SSSR count). The predicted octanol–water partition coefficient (Wildman–Crippen LogP) is 2.91. The minimum atomic E-state index is -4.90. The number of halogens is 3. The van der Waals surface area contributed by atoms with Crippen molar-refractivity contribution >= 4 is 10.1 Å². The van der Waals surface area contributed by atoms with Crippen LogP contribution in [-0.4, -0.2) is 13.0 Å². The van der Waals surface area contributed by atoms with Gasteiger partial charge in [0.15, 0.2) is 0 Å². The molecule has 0 radical (unpaired) electrons. The van der Waals surface area contributed by atoms with Crippen LogP contribution in [0.15, 0.2) is 23.1 Å². The summed E-state index contributed by atoms with van der Waals surface area (Å²) in [6.45, 7) is 4.72. The molecule has 1 aromatic carbocycles. The first-order valence-corrected chi connectivity index (χ1v) is 6.42. The molecule has 0 spiro atoms. The van der Waals surface area contributed by atoms with Gasteiger partial charge in [0.25, 0.3) is 0 Å². The standard InChI is InChI=1S/C11H13F3O3S/c1-10(2,3)8-5-4-7(18(15,16)17)6-9(8)11(12,13)14/h4-6H,1-3H3,(H,15,16,17)/p-1. The average molecular weight is 281 g/mol. The summed E-state index contributed by atoms with van der Waals surface area (Å²) < 4.78 is 70.8. The van der Waals surface area contributed by atoms with Crippen molar-refractivity contribution in [2.24, 2.45) is 0 Å². The molecule has 0 bridgehead atoms. The van der Waals surface area contributed by atoms with E-state index in [-0.39, 0.29) is 5.56 Å². The van der Waals surface area contributed by atoms with E-state index in [1.54, 1.807) is 20.8 Å². The number of rotatable bonds is 1. The van der Waals surface area contributed by atoms with Crippen LogP contribution in [0.1, 0.15) is 31.9 Å². The van der Waals surface area contributed by atoms with Crippen molar-refractivity contribution in [2.75, 3.05) is 0 Å². The Hall–Kier alpha value is -1.08. The molecule has 3 nitrogen and oxygen atoms in total. The van der Waals surface area contributed by atoms with Gasteiger partial charge < -0.3 is 4.55 Å². The molecule has 0 N–H and O–H groups in total. The zero-order chi connectivity index (χ0) is 14.4. The third kappa shape index (κ3) is 3.23. The van der Waals surface area contributed by atoms with E-state index in [1.165, 1.54) is 0 Å². The molecule has 0 unspecified atom stereocenters. The molecule has 0 fully saturated rings. The number of alkyl halides is 3. The molecule has 18 heavy (non-hydrogen) atoms. The Balaban J connectivity index is 3.60.